The van der Waals surface area contributed by atoms with Crippen LogP contribution in [0, 0.1) is 5.92 Å². The molecule has 0 radical (unpaired) electrons. The average molecular weight is 466 g/mol. The Morgan fingerprint density at radius 3 is 2.71 bits per heavy atom. The number of nitrogens with one attached hydrogen (secondary N) is 1. The Balaban J connectivity index is 1.30. The number of carbonyl (C=O) groups excluding carboxylic acids is 1. The van der Waals surface area contributed by atoms with Gasteiger partial charge in [-0.1, -0.05) is 6.07 Å². The first kappa shape index (κ1) is 22.9. The van der Waals surface area contributed by atoms with Crippen molar-refractivity contribution < 1.29 is 14.3 Å². The van der Waals surface area contributed by atoms with Gasteiger partial charge in [0.25, 0.3) is 0 Å². The Bertz CT molecular complexity index is 949. The first-order chi connectivity index (χ1) is 16.8. The number of piperidine rings is 1. The van der Waals surface area contributed by atoms with E-state index < -0.39 is 0 Å². The molecular weight excluding hydrogens is 430 g/mol. The van der Waals surface area contributed by atoms with E-state index in [0.29, 0.717) is 26.4 Å². The van der Waals surface area contributed by atoms with Crippen molar-refractivity contribution >= 4 is 17.4 Å². The van der Waals surface area contributed by atoms with Gasteiger partial charge in [-0.25, -0.2) is 4.98 Å². The van der Waals surface area contributed by atoms with Gasteiger partial charge in [0, 0.05) is 63.3 Å². The molecule has 1 aromatic carbocycles. The summed E-state index contributed by atoms with van der Waals surface area (Å²) >= 11 is 0. The van der Waals surface area contributed by atoms with Gasteiger partial charge in [0.2, 0.25) is 5.91 Å². The second-order valence-corrected chi connectivity index (χ2v) is 9.28. The third-order valence-electron chi connectivity index (χ3n) is 6.96. The van der Waals surface area contributed by atoms with Crippen molar-refractivity contribution in [2.45, 2.75) is 19.4 Å². The number of ether oxygens (including phenoxy) is 2. The molecule has 182 valence electrons. The van der Waals surface area contributed by atoms with Crippen molar-refractivity contribution in [3.63, 3.8) is 0 Å². The normalized spacial score (nSPS) is 24.4. The first-order valence-corrected chi connectivity index (χ1v) is 12.5. The smallest absolute Gasteiger partial charge is 0.224 e. The fourth-order valence-electron chi connectivity index (χ4n) is 5.12. The fraction of sp³-hybridized carbons (Fsp3) is 0.538. The summed E-state index contributed by atoms with van der Waals surface area (Å²) < 4.78 is 11.8. The topological polar surface area (TPSA) is 70.2 Å². The van der Waals surface area contributed by atoms with E-state index >= 15 is 0 Å². The molecule has 3 aliphatic heterocycles. The summed E-state index contributed by atoms with van der Waals surface area (Å²) in [5, 5.41) is 3.03. The number of benzene rings is 1. The van der Waals surface area contributed by atoms with Crippen LogP contribution >= 0.6 is 0 Å². The minimum Gasteiger partial charge on any atom is -0.491 e. The Hall–Kier alpha value is -2.84. The standard InChI is InChI=1S/C26H35N5O3/c32-26-21-4-3-10-29(19-21)20-22-18-23(6-7-24(22)34-17-16-33-15-9-28-26)30-11-13-31(14-12-30)25-5-1-2-8-27-25/h1-2,5-8,18,21H,3-4,9-17,19-20H2,(H,28,32). The van der Waals surface area contributed by atoms with E-state index in [9.17, 15) is 4.79 Å². The van der Waals surface area contributed by atoms with Gasteiger partial charge in [0.15, 0.2) is 0 Å². The molecule has 0 aliphatic carbocycles. The van der Waals surface area contributed by atoms with Crippen LogP contribution in [-0.2, 0) is 16.1 Å². The van der Waals surface area contributed by atoms with Crippen molar-refractivity contribution in [2.75, 3.05) is 75.4 Å². The number of nitrogens with zero attached hydrogens (tertiary/aromatic N) is 4. The lowest BCUT2D eigenvalue weighted by Crippen LogP contribution is -2.46. The zero-order chi connectivity index (χ0) is 23.2. The Morgan fingerprint density at radius 1 is 0.971 bits per heavy atom. The minimum atomic E-state index is 0.0453. The van der Waals surface area contributed by atoms with Gasteiger partial charge in [-0.05, 0) is 49.7 Å². The summed E-state index contributed by atoms with van der Waals surface area (Å²) in [5.41, 5.74) is 2.41. The van der Waals surface area contributed by atoms with Crippen LogP contribution in [0.4, 0.5) is 11.5 Å². The second kappa shape index (κ2) is 11.1. The molecule has 34 heavy (non-hydrogen) atoms. The highest BCUT2D eigenvalue weighted by molar-refractivity contribution is 5.78. The first-order valence-electron chi connectivity index (χ1n) is 12.5. The van der Waals surface area contributed by atoms with Crippen molar-refractivity contribution in [2.24, 2.45) is 5.92 Å². The van der Waals surface area contributed by atoms with Gasteiger partial charge in [-0.3, -0.25) is 9.69 Å². The van der Waals surface area contributed by atoms with E-state index in [-0.39, 0.29) is 11.8 Å². The van der Waals surface area contributed by atoms with Gasteiger partial charge < -0.3 is 24.6 Å². The van der Waals surface area contributed by atoms with Crippen LogP contribution in [0.25, 0.3) is 0 Å². The van der Waals surface area contributed by atoms with Crippen molar-refractivity contribution in [1.82, 2.24) is 15.2 Å². The third-order valence-corrected chi connectivity index (χ3v) is 6.96. The maximum atomic E-state index is 12.6. The monoisotopic (exact) mass is 465 g/mol. The molecule has 5 rings (SSSR count). The number of piperazine rings is 1. The molecule has 2 fully saturated rings. The van der Waals surface area contributed by atoms with E-state index in [1.54, 1.807) is 0 Å². The van der Waals surface area contributed by atoms with E-state index in [1.807, 2.05) is 18.3 Å². The second-order valence-electron chi connectivity index (χ2n) is 9.28. The molecule has 1 N–H and O–H groups in total. The maximum absolute atomic E-state index is 12.6. The molecule has 0 saturated carbocycles. The van der Waals surface area contributed by atoms with Gasteiger partial charge >= 0.3 is 0 Å². The van der Waals surface area contributed by atoms with Gasteiger partial charge in [-0.15, -0.1) is 0 Å². The van der Waals surface area contributed by atoms with E-state index in [0.717, 1.165) is 70.2 Å². The molecular formula is C26H35N5O3. The van der Waals surface area contributed by atoms with Crippen molar-refractivity contribution in [3.8, 4) is 5.75 Å². The van der Waals surface area contributed by atoms with Gasteiger partial charge in [0.05, 0.1) is 19.1 Å². The summed E-state index contributed by atoms with van der Waals surface area (Å²) in [4.78, 5) is 24.3. The number of anilines is 2. The van der Waals surface area contributed by atoms with E-state index in [2.05, 4.69) is 49.3 Å². The minimum absolute atomic E-state index is 0.0453. The third kappa shape index (κ3) is 5.62. The predicted molar refractivity (Wildman–Crippen MR) is 132 cm³/mol. The van der Waals surface area contributed by atoms with Crippen LogP contribution in [0.3, 0.4) is 0 Å². The molecule has 8 nitrogen and oxygen atoms in total. The van der Waals surface area contributed by atoms with E-state index in [4.69, 9.17) is 9.47 Å². The molecule has 2 aromatic rings. The van der Waals surface area contributed by atoms with Crippen molar-refractivity contribution in [1.29, 1.82) is 0 Å². The number of amides is 1. The lowest BCUT2D eigenvalue weighted by atomic mass is 9.96. The van der Waals surface area contributed by atoms with E-state index in [1.165, 1.54) is 11.3 Å². The van der Waals surface area contributed by atoms with Gasteiger partial charge in [0.1, 0.15) is 18.2 Å². The molecule has 1 aromatic heterocycles. The summed E-state index contributed by atoms with van der Waals surface area (Å²) in [6.07, 6.45) is 3.85. The molecule has 2 saturated heterocycles. The van der Waals surface area contributed by atoms with Crippen LogP contribution in [-0.4, -0.2) is 81.4 Å². The molecule has 1 amide bonds. The molecule has 2 atom stereocenters. The molecule has 4 heterocycles. The van der Waals surface area contributed by atoms with Gasteiger partial charge in [-0.2, -0.15) is 0 Å². The van der Waals surface area contributed by atoms with Crippen molar-refractivity contribution in [3.05, 3.63) is 48.2 Å². The number of hydrogen-bond donors (Lipinski definition) is 1. The lowest BCUT2D eigenvalue weighted by molar-refractivity contribution is -0.127. The van der Waals surface area contributed by atoms with Crippen LogP contribution in [0.2, 0.25) is 0 Å². The molecule has 2 bridgehead atoms. The molecule has 0 spiro atoms. The van der Waals surface area contributed by atoms with Crippen LogP contribution in [0.15, 0.2) is 42.6 Å². The Morgan fingerprint density at radius 2 is 1.85 bits per heavy atom. The highest BCUT2D eigenvalue weighted by Crippen LogP contribution is 2.29. The summed E-state index contributed by atoms with van der Waals surface area (Å²) in [6.45, 7) is 8.50. The fourth-order valence-corrected chi connectivity index (χ4v) is 5.12. The number of rotatable bonds is 2. The summed E-state index contributed by atoms with van der Waals surface area (Å²) in [7, 11) is 0. The molecule has 3 aliphatic rings. The van der Waals surface area contributed by atoms with Crippen LogP contribution in [0.1, 0.15) is 18.4 Å². The predicted octanol–water partition coefficient (Wildman–Crippen LogP) is 2.15. The molecule has 2 unspecified atom stereocenters. The maximum Gasteiger partial charge on any atom is 0.224 e. The number of hydrogen-bond acceptors (Lipinski definition) is 7. The highest BCUT2D eigenvalue weighted by atomic mass is 16.5. The lowest BCUT2D eigenvalue weighted by Gasteiger charge is -2.37. The SMILES string of the molecule is O=C1NCCOCCOc2ccc(N3CCN(c4ccccn4)CC3)cc2CN2CCCC1C2. The zero-order valence-electron chi connectivity index (χ0n) is 19.8. The van der Waals surface area contributed by atoms with Crippen LogP contribution in [0.5, 0.6) is 5.75 Å². The quantitative estimate of drug-likeness (QED) is 0.729. The number of pyridine rings is 1. The highest BCUT2D eigenvalue weighted by Gasteiger charge is 2.27. The number of carbonyl (C=O) groups is 1. The largest absolute Gasteiger partial charge is 0.491 e. The average Bonchev–Trinajstić information content (AvgIpc) is 2.89. The Kier molecular flexibility index (Phi) is 7.46. The number of aromatic nitrogens is 1. The number of fused-ring (bicyclic) bond motifs is 3. The Labute approximate surface area is 201 Å². The summed E-state index contributed by atoms with van der Waals surface area (Å²) in [5.74, 6) is 2.17. The molecule has 8 heteroatoms. The summed E-state index contributed by atoms with van der Waals surface area (Å²) in [6, 6.07) is 12.6. The van der Waals surface area contributed by atoms with Crippen LogP contribution < -0.4 is 19.9 Å². The zero-order valence-corrected chi connectivity index (χ0v) is 19.8.